The van der Waals surface area contributed by atoms with Gasteiger partial charge < -0.3 is 10.2 Å². The second kappa shape index (κ2) is 8.08. The zero-order valence-corrected chi connectivity index (χ0v) is 11.5. The van der Waals surface area contributed by atoms with Gasteiger partial charge in [0.05, 0.1) is 0 Å². The third-order valence-corrected chi connectivity index (χ3v) is 3.93. The van der Waals surface area contributed by atoms with Gasteiger partial charge in [0.2, 0.25) is 0 Å². The molecule has 0 aliphatic heterocycles. The summed E-state index contributed by atoms with van der Waals surface area (Å²) in [5, 5.41) is 3.43. The van der Waals surface area contributed by atoms with Crippen molar-refractivity contribution in [3.05, 3.63) is 0 Å². The van der Waals surface area contributed by atoms with Crippen molar-refractivity contribution in [3.8, 4) is 0 Å². The van der Waals surface area contributed by atoms with Crippen LogP contribution in [-0.4, -0.2) is 37.1 Å². The van der Waals surface area contributed by atoms with Crippen LogP contribution in [0.25, 0.3) is 0 Å². The van der Waals surface area contributed by atoms with Crippen LogP contribution in [0, 0.1) is 0 Å². The number of unbranched alkanes of at least 4 members (excludes halogenated alkanes) is 2. The molecule has 16 heavy (non-hydrogen) atoms. The lowest BCUT2D eigenvalue weighted by molar-refractivity contribution is 0.190. The molecule has 1 rings (SSSR count). The van der Waals surface area contributed by atoms with Gasteiger partial charge in [0.25, 0.3) is 0 Å². The highest BCUT2D eigenvalue weighted by Crippen LogP contribution is 2.24. The van der Waals surface area contributed by atoms with Crippen molar-refractivity contribution in [2.45, 2.75) is 70.9 Å². The van der Waals surface area contributed by atoms with Crippen LogP contribution >= 0.6 is 0 Å². The van der Waals surface area contributed by atoms with Gasteiger partial charge in [-0.2, -0.15) is 0 Å². The lowest BCUT2D eigenvalue weighted by Gasteiger charge is -2.29. The number of nitrogens with zero attached hydrogens (tertiary/aromatic N) is 1. The molecule has 1 aliphatic carbocycles. The summed E-state index contributed by atoms with van der Waals surface area (Å²) in [7, 11) is 2.11. The Labute approximate surface area is 102 Å². The minimum absolute atomic E-state index is 0.774. The van der Waals surface area contributed by atoms with Gasteiger partial charge >= 0.3 is 0 Å². The van der Waals surface area contributed by atoms with E-state index in [0.717, 1.165) is 12.1 Å². The highest BCUT2D eigenvalue weighted by atomic mass is 15.2. The van der Waals surface area contributed by atoms with E-state index in [-0.39, 0.29) is 0 Å². The Kier molecular flexibility index (Phi) is 7.06. The number of hydrogen-bond acceptors (Lipinski definition) is 2. The van der Waals surface area contributed by atoms with Crippen LogP contribution in [0.15, 0.2) is 0 Å². The van der Waals surface area contributed by atoms with E-state index in [1.165, 1.54) is 58.0 Å². The zero-order valence-electron chi connectivity index (χ0n) is 11.5. The minimum Gasteiger partial charge on any atom is -0.317 e. The molecule has 0 heterocycles. The van der Waals surface area contributed by atoms with Crippen molar-refractivity contribution >= 4 is 0 Å². The molecule has 0 amide bonds. The average Bonchev–Trinajstić information content (AvgIpc) is 2.78. The highest BCUT2D eigenvalue weighted by molar-refractivity contribution is 4.86. The van der Waals surface area contributed by atoms with E-state index in [4.69, 9.17) is 0 Å². The van der Waals surface area contributed by atoms with Crippen molar-refractivity contribution in [2.75, 3.05) is 20.1 Å². The van der Waals surface area contributed by atoms with Gasteiger partial charge in [-0.1, -0.05) is 26.7 Å². The molecule has 2 nitrogen and oxygen atoms in total. The molecule has 0 aromatic heterocycles. The normalized spacial score (nSPS) is 25.5. The van der Waals surface area contributed by atoms with Gasteiger partial charge in [0.1, 0.15) is 0 Å². The summed E-state index contributed by atoms with van der Waals surface area (Å²) in [6.07, 6.45) is 9.52. The topological polar surface area (TPSA) is 15.3 Å². The van der Waals surface area contributed by atoms with Crippen molar-refractivity contribution < 1.29 is 0 Å². The third-order valence-electron chi connectivity index (χ3n) is 3.93. The van der Waals surface area contributed by atoms with E-state index in [1.54, 1.807) is 0 Å². The van der Waals surface area contributed by atoms with Crippen molar-refractivity contribution in [3.63, 3.8) is 0 Å². The first-order valence-corrected chi connectivity index (χ1v) is 7.23. The van der Waals surface area contributed by atoms with Crippen LogP contribution < -0.4 is 5.32 Å². The van der Waals surface area contributed by atoms with Crippen LogP contribution in [0.1, 0.15) is 58.8 Å². The molecular formula is C14H30N2. The summed E-state index contributed by atoms with van der Waals surface area (Å²) in [5.74, 6) is 0. The molecule has 0 spiro atoms. The summed E-state index contributed by atoms with van der Waals surface area (Å²) < 4.78 is 0. The SMILES string of the molecule is CCCCN(CCCC)C1CCC(NC)C1. The van der Waals surface area contributed by atoms with E-state index in [9.17, 15) is 0 Å². The number of rotatable bonds is 8. The van der Waals surface area contributed by atoms with E-state index in [2.05, 4.69) is 31.1 Å². The summed E-state index contributed by atoms with van der Waals surface area (Å²) in [6.45, 7) is 7.22. The lowest BCUT2D eigenvalue weighted by atomic mass is 10.1. The molecule has 0 aromatic carbocycles. The molecule has 96 valence electrons. The quantitative estimate of drug-likeness (QED) is 0.684. The monoisotopic (exact) mass is 226 g/mol. The standard InChI is InChI=1S/C14H30N2/c1-4-6-10-16(11-7-5-2)14-9-8-13(12-14)15-3/h13-15H,4-12H2,1-3H3. The predicted molar refractivity (Wildman–Crippen MR) is 71.9 cm³/mol. The van der Waals surface area contributed by atoms with Crippen LogP contribution in [0.5, 0.6) is 0 Å². The molecule has 2 heteroatoms. The molecular weight excluding hydrogens is 196 g/mol. The largest absolute Gasteiger partial charge is 0.317 e. The maximum atomic E-state index is 3.43. The molecule has 2 unspecified atom stereocenters. The molecule has 1 N–H and O–H groups in total. The van der Waals surface area contributed by atoms with Gasteiger partial charge in [-0.05, 0) is 52.2 Å². The van der Waals surface area contributed by atoms with Crippen molar-refractivity contribution in [1.29, 1.82) is 0 Å². The van der Waals surface area contributed by atoms with E-state index in [0.29, 0.717) is 0 Å². The fraction of sp³-hybridized carbons (Fsp3) is 1.00. The van der Waals surface area contributed by atoms with Gasteiger partial charge in [-0.25, -0.2) is 0 Å². The second-order valence-corrected chi connectivity index (χ2v) is 5.20. The molecule has 0 aromatic rings. The fourth-order valence-electron chi connectivity index (χ4n) is 2.75. The molecule has 1 fully saturated rings. The van der Waals surface area contributed by atoms with Crippen molar-refractivity contribution in [1.82, 2.24) is 10.2 Å². The van der Waals surface area contributed by atoms with Gasteiger partial charge in [-0.15, -0.1) is 0 Å². The van der Waals surface area contributed by atoms with Crippen LogP contribution in [0.2, 0.25) is 0 Å². The predicted octanol–water partition coefficient (Wildman–Crippen LogP) is 3.03. The zero-order chi connectivity index (χ0) is 11.8. The summed E-state index contributed by atoms with van der Waals surface area (Å²) in [4.78, 5) is 2.75. The second-order valence-electron chi connectivity index (χ2n) is 5.20. The maximum absolute atomic E-state index is 3.43. The Morgan fingerprint density at radius 2 is 1.69 bits per heavy atom. The maximum Gasteiger partial charge on any atom is 0.0111 e. The first-order valence-electron chi connectivity index (χ1n) is 7.23. The van der Waals surface area contributed by atoms with E-state index < -0.39 is 0 Å². The Morgan fingerprint density at radius 3 is 2.12 bits per heavy atom. The Balaban J connectivity index is 2.35. The minimum atomic E-state index is 0.774. The first kappa shape index (κ1) is 14.0. The van der Waals surface area contributed by atoms with Crippen LogP contribution in [-0.2, 0) is 0 Å². The van der Waals surface area contributed by atoms with Gasteiger partial charge in [0, 0.05) is 12.1 Å². The Hall–Kier alpha value is -0.0800. The third kappa shape index (κ3) is 4.42. The summed E-state index contributed by atoms with van der Waals surface area (Å²) in [6, 6.07) is 1.63. The molecule has 0 saturated heterocycles. The molecule has 2 atom stereocenters. The fourth-order valence-corrected chi connectivity index (χ4v) is 2.75. The highest BCUT2D eigenvalue weighted by Gasteiger charge is 2.27. The van der Waals surface area contributed by atoms with E-state index in [1.807, 2.05) is 0 Å². The van der Waals surface area contributed by atoms with E-state index >= 15 is 0 Å². The molecule has 1 saturated carbocycles. The van der Waals surface area contributed by atoms with Gasteiger partial charge in [-0.3, -0.25) is 0 Å². The number of hydrogen-bond donors (Lipinski definition) is 1. The lowest BCUT2D eigenvalue weighted by Crippen LogP contribution is -2.36. The average molecular weight is 226 g/mol. The molecule has 0 bridgehead atoms. The smallest absolute Gasteiger partial charge is 0.0111 e. The molecule has 1 aliphatic rings. The Morgan fingerprint density at radius 1 is 1.06 bits per heavy atom. The Bertz CT molecular complexity index is 162. The summed E-state index contributed by atoms with van der Waals surface area (Å²) >= 11 is 0. The van der Waals surface area contributed by atoms with Crippen LogP contribution in [0.3, 0.4) is 0 Å². The first-order chi connectivity index (χ1) is 7.81. The van der Waals surface area contributed by atoms with Gasteiger partial charge in [0.15, 0.2) is 0 Å². The van der Waals surface area contributed by atoms with Crippen LogP contribution in [0.4, 0.5) is 0 Å². The molecule has 0 radical (unpaired) electrons. The number of nitrogens with one attached hydrogen (secondary N) is 1. The van der Waals surface area contributed by atoms with Crippen molar-refractivity contribution in [2.24, 2.45) is 0 Å². The summed E-state index contributed by atoms with van der Waals surface area (Å²) in [5.41, 5.74) is 0.